The zero-order chi connectivity index (χ0) is 18.1. The number of hydrogen-bond acceptors (Lipinski definition) is 2. The molecular weight excluding hydrogens is 324 g/mol. The summed E-state index contributed by atoms with van der Waals surface area (Å²) >= 11 is 0. The van der Waals surface area contributed by atoms with E-state index in [9.17, 15) is 4.79 Å². The van der Waals surface area contributed by atoms with Gasteiger partial charge in [0.1, 0.15) is 6.61 Å². The maximum absolute atomic E-state index is 11.6. The minimum absolute atomic E-state index is 0.270. The van der Waals surface area contributed by atoms with E-state index in [0.29, 0.717) is 0 Å². The molecule has 1 aliphatic rings. The summed E-state index contributed by atoms with van der Waals surface area (Å²) in [5, 5.41) is 2.52. The van der Waals surface area contributed by atoms with Crippen molar-refractivity contribution >= 4 is 6.09 Å². The predicted molar refractivity (Wildman–Crippen MR) is 102 cm³/mol. The van der Waals surface area contributed by atoms with Crippen molar-refractivity contribution in [1.29, 1.82) is 0 Å². The standard InChI is InChI=1S/C22H22N2O2/c1-15-19(14-26-22(25)23-2)21(16-8-4-3-5-9-16)24-13-18-11-7-6-10-17(18)12-20(15)24/h3-11H,12-14H2,1-2H3,(H,23,25). The highest BCUT2D eigenvalue weighted by molar-refractivity contribution is 5.70. The number of amides is 1. The van der Waals surface area contributed by atoms with Crippen molar-refractivity contribution in [3.8, 4) is 11.3 Å². The van der Waals surface area contributed by atoms with Crippen LogP contribution in [0.5, 0.6) is 0 Å². The first-order chi connectivity index (χ1) is 12.7. The summed E-state index contributed by atoms with van der Waals surface area (Å²) in [6.45, 7) is 3.25. The first-order valence-electron chi connectivity index (χ1n) is 8.86. The quantitative estimate of drug-likeness (QED) is 0.602. The fourth-order valence-electron chi connectivity index (χ4n) is 3.80. The number of hydrogen-bond donors (Lipinski definition) is 1. The van der Waals surface area contributed by atoms with Crippen LogP contribution in [0.3, 0.4) is 0 Å². The number of nitrogens with one attached hydrogen (secondary N) is 1. The highest BCUT2D eigenvalue weighted by Gasteiger charge is 2.26. The Bertz CT molecular complexity index is 958. The van der Waals surface area contributed by atoms with Crippen LogP contribution in [-0.2, 0) is 24.3 Å². The molecule has 2 heterocycles. The Morgan fingerprint density at radius 2 is 1.77 bits per heavy atom. The van der Waals surface area contributed by atoms with Gasteiger partial charge < -0.3 is 14.6 Å². The number of rotatable bonds is 3. The molecular formula is C22H22N2O2. The second-order valence-electron chi connectivity index (χ2n) is 6.62. The third-order valence-electron chi connectivity index (χ3n) is 5.17. The second-order valence-corrected chi connectivity index (χ2v) is 6.62. The zero-order valence-corrected chi connectivity index (χ0v) is 15.1. The number of aromatic nitrogens is 1. The molecule has 1 N–H and O–H groups in total. The van der Waals surface area contributed by atoms with Gasteiger partial charge in [-0.05, 0) is 29.2 Å². The summed E-state index contributed by atoms with van der Waals surface area (Å²) in [6.07, 6.45) is 0.498. The van der Waals surface area contributed by atoms with E-state index in [1.807, 2.05) is 18.2 Å². The van der Waals surface area contributed by atoms with Crippen LogP contribution in [0.1, 0.15) is 27.9 Å². The number of ether oxygens (including phenoxy) is 1. The van der Waals surface area contributed by atoms with Crippen molar-refractivity contribution in [3.63, 3.8) is 0 Å². The molecule has 1 amide bonds. The summed E-state index contributed by atoms with van der Waals surface area (Å²) in [5.74, 6) is 0. The number of alkyl carbamates (subject to hydrolysis) is 1. The summed E-state index contributed by atoms with van der Waals surface area (Å²) in [7, 11) is 1.58. The Balaban J connectivity index is 1.84. The maximum Gasteiger partial charge on any atom is 0.407 e. The van der Waals surface area contributed by atoms with Gasteiger partial charge in [0.25, 0.3) is 0 Å². The molecule has 0 saturated heterocycles. The van der Waals surface area contributed by atoms with Crippen LogP contribution < -0.4 is 5.32 Å². The van der Waals surface area contributed by atoms with E-state index in [2.05, 4.69) is 53.2 Å². The van der Waals surface area contributed by atoms with Crippen molar-refractivity contribution in [3.05, 3.63) is 82.5 Å². The Kier molecular flexibility index (Phi) is 4.25. The minimum Gasteiger partial charge on any atom is -0.445 e. The number of fused-ring (bicyclic) bond motifs is 2. The number of carbonyl (C=O) groups is 1. The lowest BCUT2D eigenvalue weighted by atomic mass is 9.97. The molecule has 132 valence electrons. The second kappa shape index (κ2) is 6.71. The van der Waals surface area contributed by atoms with Gasteiger partial charge in [-0.2, -0.15) is 0 Å². The number of benzene rings is 2. The monoisotopic (exact) mass is 346 g/mol. The molecule has 0 unspecified atom stereocenters. The van der Waals surface area contributed by atoms with Gasteiger partial charge in [0.2, 0.25) is 0 Å². The largest absolute Gasteiger partial charge is 0.445 e. The Morgan fingerprint density at radius 1 is 1.08 bits per heavy atom. The van der Waals surface area contributed by atoms with Gasteiger partial charge >= 0.3 is 6.09 Å². The van der Waals surface area contributed by atoms with Crippen molar-refractivity contribution in [2.24, 2.45) is 0 Å². The van der Waals surface area contributed by atoms with E-state index in [0.717, 1.165) is 29.8 Å². The molecule has 0 bridgehead atoms. The van der Waals surface area contributed by atoms with Gasteiger partial charge in [-0.1, -0.05) is 54.6 Å². The molecule has 1 aromatic heterocycles. The molecule has 0 aliphatic carbocycles. The summed E-state index contributed by atoms with van der Waals surface area (Å²) in [6, 6.07) is 18.9. The smallest absolute Gasteiger partial charge is 0.407 e. The van der Waals surface area contributed by atoms with Gasteiger partial charge in [0.15, 0.2) is 0 Å². The molecule has 3 aromatic rings. The molecule has 0 spiro atoms. The summed E-state index contributed by atoms with van der Waals surface area (Å²) in [4.78, 5) is 11.6. The molecule has 0 saturated carbocycles. The van der Waals surface area contributed by atoms with Crippen LogP contribution in [0.4, 0.5) is 4.79 Å². The first kappa shape index (κ1) is 16.5. The average molecular weight is 346 g/mol. The Morgan fingerprint density at radius 3 is 2.50 bits per heavy atom. The van der Waals surface area contributed by atoms with E-state index in [1.54, 1.807) is 7.05 Å². The van der Waals surface area contributed by atoms with Crippen molar-refractivity contribution in [2.45, 2.75) is 26.5 Å². The van der Waals surface area contributed by atoms with Crippen LogP contribution in [0.25, 0.3) is 11.3 Å². The fraction of sp³-hybridized carbons (Fsp3) is 0.227. The molecule has 4 heteroatoms. The van der Waals surface area contributed by atoms with Crippen molar-refractivity contribution in [1.82, 2.24) is 9.88 Å². The van der Waals surface area contributed by atoms with Crippen LogP contribution in [0, 0.1) is 6.92 Å². The molecule has 26 heavy (non-hydrogen) atoms. The van der Waals surface area contributed by atoms with Gasteiger partial charge in [0, 0.05) is 31.3 Å². The summed E-state index contributed by atoms with van der Waals surface area (Å²) < 4.78 is 7.80. The third kappa shape index (κ3) is 2.77. The van der Waals surface area contributed by atoms with Crippen molar-refractivity contribution < 1.29 is 9.53 Å². The molecule has 0 fully saturated rings. The maximum atomic E-state index is 11.6. The highest BCUT2D eigenvalue weighted by Crippen LogP contribution is 2.37. The van der Waals surface area contributed by atoms with Crippen LogP contribution in [0.2, 0.25) is 0 Å². The minimum atomic E-state index is -0.407. The molecule has 1 aliphatic heterocycles. The molecule has 2 aromatic carbocycles. The SMILES string of the molecule is CNC(=O)OCc1c(C)c2n(c1-c1ccccc1)Cc1ccccc1C2. The lowest BCUT2D eigenvalue weighted by Crippen LogP contribution is -2.19. The van der Waals surface area contributed by atoms with E-state index in [-0.39, 0.29) is 6.61 Å². The number of carbonyl (C=O) groups excluding carboxylic acids is 1. The zero-order valence-electron chi connectivity index (χ0n) is 15.1. The summed E-state index contributed by atoms with van der Waals surface area (Å²) in [5.41, 5.74) is 8.63. The van der Waals surface area contributed by atoms with E-state index < -0.39 is 6.09 Å². The number of nitrogens with zero attached hydrogens (tertiary/aromatic N) is 1. The van der Waals surface area contributed by atoms with E-state index in [4.69, 9.17) is 4.74 Å². The molecule has 4 nitrogen and oxygen atoms in total. The predicted octanol–water partition coefficient (Wildman–Crippen LogP) is 4.27. The first-order valence-corrected chi connectivity index (χ1v) is 8.86. The van der Waals surface area contributed by atoms with Gasteiger partial charge in [-0.25, -0.2) is 4.79 Å². The van der Waals surface area contributed by atoms with Crippen LogP contribution in [-0.4, -0.2) is 17.7 Å². The fourth-order valence-corrected chi connectivity index (χ4v) is 3.80. The van der Waals surface area contributed by atoms with Crippen LogP contribution >= 0.6 is 0 Å². The van der Waals surface area contributed by atoms with Crippen molar-refractivity contribution in [2.75, 3.05) is 7.05 Å². The third-order valence-corrected chi connectivity index (χ3v) is 5.17. The van der Waals surface area contributed by atoms with E-state index >= 15 is 0 Å². The van der Waals surface area contributed by atoms with Gasteiger partial charge in [-0.3, -0.25) is 0 Å². The van der Waals surface area contributed by atoms with Gasteiger partial charge in [0.05, 0.1) is 5.69 Å². The lowest BCUT2D eigenvalue weighted by Gasteiger charge is -2.22. The van der Waals surface area contributed by atoms with Crippen LogP contribution in [0.15, 0.2) is 54.6 Å². The molecule has 0 atom stereocenters. The highest BCUT2D eigenvalue weighted by atomic mass is 16.5. The molecule has 0 radical (unpaired) electrons. The average Bonchev–Trinajstić information content (AvgIpc) is 2.96. The van der Waals surface area contributed by atoms with E-state index in [1.165, 1.54) is 22.4 Å². The molecule has 4 rings (SSSR count). The Labute approximate surface area is 153 Å². The lowest BCUT2D eigenvalue weighted by molar-refractivity contribution is 0.142. The Hall–Kier alpha value is -3.01. The normalized spacial score (nSPS) is 12.2. The van der Waals surface area contributed by atoms with Gasteiger partial charge in [-0.15, -0.1) is 0 Å². The topological polar surface area (TPSA) is 43.3 Å².